The molecule has 0 aliphatic heterocycles. The lowest BCUT2D eigenvalue weighted by atomic mass is 9.95. The summed E-state index contributed by atoms with van der Waals surface area (Å²) in [6.45, 7) is -0.306. The van der Waals surface area contributed by atoms with Crippen molar-refractivity contribution in [2.24, 2.45) is 10.8 Å². The molecule has 3 rings (SSSR count). The van der Waals surface area contributed by atoms with Gasteiger partial charge in [-0.15, -0.1) is 11.3 Å². The normalized spacial score (nSPS) is 12.5. The van der Waals surface area contributed by atoms with Crippen molar-refractivity contribution in [1.82, 2.24) is 5.43 Å². The Balaban J connectivity index is 1.64. The number of hydrazone groups is 1. The third-order valence-electron chi connectivity index (χ3n) is 4.93. The quantitative estimate of drug-likeness (QED) is 0.219. The molecule has 12 heteroatoms. The largest absolute Gasteiger partial charge is 0.493 e. The summed E-state index contributed by atoms with van der Waals surface area (Å²) in [4.78, 5) is 48.8. The summed E-state index contributed by atoms with van der Waals surface area (Å²) in [5.41, 5.74) is 8.91. The zero-order valence-electron chi connectivity index (χ0n) is 18.6. The highest BCUT2D eigenvalue weighted by Gasteiger charge is 2.28. The Morgan fingerprint density at radius 1 is 1.12 bits per heavy atom. The minimum absolute atomic E-state index is 0.291. The number of methoxy groups -OCH3 is 2. The van der Waals surface area contributed by atoms with Crippen LogP contribution in [0.15, 0.2) is 23.3 Å². The summed E-state index contributed by atoms with van der Waals surface area (Å²) in [5, 5.41) is 6.57. The first-order valence-corrected chi connectivity index (χ1v) is 11.1. The molecule has 4 N–H and O–H groups in total. The summed E-state index contributed by atoms with van der Waals surface area (Å²) in [7, 11) is 2.69. The fraction of sp³-hybridized carbons (Fsp3) is 0.318. The Labute approximate surface area is 199 Å². The molecule has 2 aromatic rings. The number of nitrogens with one attached hydrogen (secondary N) is 2. The number of thiophene rings is 1. The maximum atomic E-state index is 12.4. The number of fused-ring (bicyclic) bond motifs is 1. The monoisotopic (exact) mass is 488 g/mol. The lowest BCUT2D eigenvalue weighted by molar-refractivity contribution is -0.136. The van der Waals surface area contributed by atoms with Gasteiger partial charge in [-0.2, -0.15) is 5.10 Å². The van der Waals surface area contributed by atoms with Crippen LogP contribution in [0.4, 0.5) is 5.00 Å². The van der Waals surface area contributed by atoms with Crippen LogP contribution >= 0.6 is 11.3 Å². The van der Waals surface area contributed by atoms with Gasteiger partial charge in [0.1, 0.15) is 5.00 Å². The molecule has 0 bridgehead atoms. The van der Waals surface area contributed by atoms with Crippen LogP contribution in [0, 0.1) is 0 Å². The van der Waals surface area contributed by atoms with Gasteiger partial charge in [-0.1, -0.05) is 0 Å². The summed E-state index contributed by atoms with van der Waals surface area (Å²) in [6, 6.07) is 4.71. The van der Waals surface area contributed by atoms with E-state index in [0.717, 1.165) is 36.1 Å². The molecule has 1 aliphatic rings. The van der Waals surface area contributed by atoms with Crippen LogP contribution in [-0.4, -0.2) is 50.7 Å². The number of hydrogen-bond donors (Lipinski definition) is 3. The first-order chi connectivity index (χ1) is 16.3. The molecular weight excluding hydrogens is 464 g/mol. The van der Waals surface area contributed by atoms with Crippen molar-refractivity contribution in [2.75, 3.05) is 26.1 Å². The first-order valence-electron chi connectivity index (χ1n) is 10.3. The maximum Gasteiger partial charge on any atom is 0.341 e. The average Bonchev–Trinajstić information content (AvgIpc) is 3.20. The van der Waals surface area contributed by atoms with Crippen molar-refractivity contribution >= 4 is 46.2 Å². The molecule has 0 atom stereocenters. The van der Waals surface area contributed by atoms with Gasteiger partial charge in [0.2, 0.25) is 0 Å². The van der Waals surface area contributed by atoms with Crippen LogP contribution in [0.25, 0.3) is 0 Å². The van der Waals surface area contributed by atoms with Gasteiger partial charge in [-0.25, -0.2) is 10.2 Å². The van der Waals surface area contributed by atoms with Crippen molar-refractivity contribution in [3.05, 3.63) is 39.8 Å². The van der Waals surface area contributed by atoms with Gasteiger partial charge in [0.05, 0.1) is 26.0 Å². The van der Waals surface area contributed by atoms with Crippen molar-refractivity contribution in [3.63, 3.8) is 0 Å². The molecule has 1 aromatic carbocycles. The van der Waals surface area contributed by atoms with Crippen LogP contribution in [0.2, 0.25) is 0 Å². The fourth-order valence-electron chi connectivity index (χ4n) is 3.38. The van der Waals surface area contributed by atoms with E-state index in [9.17, 15) is 19.2 Å². The highest BCUT2D eigenvalue weighted by atomic mass is 32.1. The fourth-order valence-corrected chi connectivity index (χ4v) is 4.65. The van der Waals surface area contributed by atoms with Crippen LogP contribution in [0.1, 0.15) is 39.2 Å². The molecule has 34 heavy (non-hydrogen) atoms. The van der Waals surface area contributed by atoms with E-state index < -0.39 is 23.7 Å². The standard InChI is InChI=1S/C22H24N4O7S/c1-31-15-9-12(7-8-14(15)33-11-17(23)27)10-24-26-20(29)19(28)25-21-18(22(30)32-2)13-5-3-4-6-16(13)34-21/h7-10H,3-6,11H2,1-2H3,(H2,23,27)(H,25,28)(H,26,29). The third kappa shape index (κ3) is 5.90. The van der Waals surface area contributed by atoms with E-state index in [4.69, 9.17) is 19.9 Å². The third-order valence-corrected chi connectivity index (χ3v) is 6.14. The molecule has 0 saturated heterocycles. The van der Waals surface area contributed by atoms with Gasteiger partial charge in [0.15, 0.2) is 18.1 Å². The molecule has 1 heterocycles. The summed E-state index contributed by atoms with van der Waals surface area (Å²) < 4.78 is 15.3. The number of aryl methyl sites for hydroxylation is 1. The first kappa shape index (κ1) is 24.7. The average molecular weight is 489 g/mol. The summed E-state index contributed by atoms with van der Waals surface area (Å²) >= 11 is 1.28. The zero-order valence-corrected chi connectivity index (χ0v) is 19.5. The van der Waals surface area contributed by atoms with Crippen molar-refractivity contribution < 1.29 is 33.4 Å². The van der Waals surface area contributed by atoms with Crippen molar-refractivity contribution in [1.29, 1.82) is 0 Å². The molecule has 1 aliphatic carbocycles. The Hall–Kier alpha value is -3.93. The van der Waals surface area contributed by atoms with E-state index >= 15 is 0 Å². The van der Waals surface area contributed by atoms with Gasteiger partial charge in [0.25, 0.3) is 5.91 Å². The summed E-state index contributed by atoms with van der Waals surface area (Å²) in [5.74, 6) is -2.52. The second-order valence-corrected chi connectivity index (χ2v) is 8.33. The molecule has 3 amide bonds. The molecule has 1 aromatic heterocycles. The predicted molar refractivity (Wildman–Crippen MR) is 124 cm³/mol. The lowest BCUT2D eigenvalue weighted by Gasteiger charge is -2.11. The number of carbonyl (C=O) groups is 4. The molecular formula is C22H24N4O7S. The van der Waals surface area contributed by atoms with Crippen LogP contribution < -0.4 is 25.9 Å². The number of amides is 3. The Bertz CT molecular complexity index is 1140. The number of primary amides is 1. The zero-order chi connectivity index (χ0) is 24.7. The number of ether oxygens (including phenoxy) is 3. The topological polar surface area (TPSA) is 158 Å². The number of carbonyl (C=O) groups excluding carboxylic acids is 4. The van der Waals surface area contributed by atoms with Crippen LogP contribution in [-0.2, 0) is 32.0 Å². The van der Waals surface area contributed by atoms with E-state index in [1.807, 2.05) is 0 Å². The second kappa shape index (κ2) is 11.3. The minimum Gasteiger partial charge on any atom is -0.493 e. The maximum absolute atomic E-state index is 12.4. The van der Waals surface area contributed by atoms with E-state index in [1.165, 1.54) is 31.8 Å². The van der Waals surface area contributed by atoms with E-state index in [0.29, 0.717) is 27.6 Å². The SMILES string of the molecule is COC(=O)c1c(NC(=O)C(=O)NN=Cc2ccc(OCC(N)=O)c(OC)c2)sc2c1CCCC2. The highest BCUT2D eigenvalue weighted by Crippen LogP contribution is 2.38. The number of anilines is 1. The van der Waals surface area contributed by atoms with Gasteiger partial charge in [0, 0.05) is 4.88 Å². The Morgan fingerprint density at radius 2 is 1.88 bits per heavy atom. The van der Waals surface area contributed by atoms with Crippen molar-refractivity contribution in [3.8, 4) is 11.5 Å². The van der Waals surface area contributed by atoms with Crippen molar-refractivity contribution in [2.45, 2.75) is 25.7 Å². The molecule has 11 nitrogen and oxygen atoms in total. The summed E-state index contributed by atoms with van der Waals surface area (Å²) in [6.07, 6.45) is 4.78. The van der Waals surface area contributed by atoms with Crippen LogP contribution in [0.3, 0.4) is 0 Å². The number of rotatable bonds is 8. The van der Waals surface area contributed by atoms with E-state index in [-0.39, 0.29) is 6.61 Å². The van der Waals surface area contributed by atoms with Gasteiger partial charge >= 0.3 is 17.8 Å². The number of esters is 1. The smallest absolute Gasteiger partial charge is 0.341 e. The van der Waals surface area contributed by atoms with Crippen LogP contribution in [0.5, 0.6) is 11.5 Å². The number of nitrogens with two attached hydrogens (primary N) is 1. The molecule has 0 radical (unpaired) electrons. The number of hydrogen-bond acceptors (Lipinski definition) is 9. The molecule has 0 unspecified atom stereocenters. The van der Waals surface area contributed by atoms with Gasteiger partial charge in [-0.3, -0.25) is 14.4 Å². The van der Waals surface area contributed by atoms with Gasteiger partial charge < -0.3 is 25.3 Å². The molecule has 0 saturated carbocycles. The predicted octanol–water partition coefficient (Wildman–Crippen LogP) is 1.37. The Kier molecular flexibility index (Phi) is 8.19. The Morgan fingerprint density at radius 3 is 2.59 bits per heavy atom. The molecule has 180 valence electrons. The minimum atomic E-state index is -1.01. The second-order valence-electron chi connectivity index (χ2n) is 7.23. The molecule has 0 fully saturated rings. The lowest BCUT2D eigenvalue weighted by Crippen LogP contribution is -2.32. The van der Waals surface area contributed by atoms with E-state index in [2.05, 4.69) is 15.8 Å². The number of benzene rings is 1. The molecule has 0 spiro atoms. The number of nitrogens with zero attached hydrogens (tertiary/aromatic N) is 1. The van der Waals surface area contributed by atoms with Gasteiger partial charge in [-0.05, 0) is 55.0 Å². The van der Waals surface area contributed by atoms with E-state index in [1.54, 1.807) is 18.2 Å². The highest BCUT2D eigenvalue weighted by molar-refractivity contribution is 7.17.